The topological polar surface area (TPSA) is 80.1 Å². The Hall–Kier alpha value is -3.00. The summed E-state index contributed by atoms with van der Waals surface area (Å²) < 4.78 is 1.80. The maximum Gasteiger partial charge on any atom is 0.273 e. The van der Waals surface area contributed by atoms with Crippen LogP contribution in [0.1, 0.15) is 23.3 Å². The number of benzene rings is 1. The first-order valence-corrected chi connectivity index (χ1v) is 10.1. The molecular formula is C20H19N5O2S. The van der Waals surface area contributed by atoms with E-state index in [0.29, 0.717) is 31.7 Å². The van der Waals surface area contributed by atoms with E-state index in [1.807, 2.05) is 41.4 Å². The highest BCUT2D eigenvalue weighted by atomic mass is 32.1. The molecule has 1 aromatic carbocycles. The molecular weight excluding hydrogens is 374 g/mol. The summed E-state index contributed by atoms with van der Waals surface area (Å²) in [5, 5.41) is 9.87. The second-order valence-electron chi connectivity index (χ2n) is 7.48. The third-order valence-corrected chi connectivity index (χ3v) is 6.39. The molecule has 1 unspecified atom stereocenters. The van der Waals surface area contributed by atoms with Crippen molar-refractivity contribution in [1.82, 2.24) is 25.0 Å². The number of thiazole rings is 1. The third kappa shape index (κ3) is 2.99. The quantitative estimate of drug-likeness (QED) is 0.741. The van der Waals surface area contributed by atoms with Gasteiger partial charge in [0, 0.05) is 48.6 Å². The normalized spacial score (nSPS) is 21.4. The van der Waals surface area contributed by atoms with Crippen LogP contribution in [-0.2, 0) is 4.79 Å². The molecule has 2 fully saturated rings. The molecule has 2 aliphatic heterocycles. The summed E-state index contributed by atoms with van der Waals surface area (Å²) in [5.74, 6) is 0.0230. The van der Waals surface area contributed by atoms with Gasteiger partial charge in [0.1, 0.15) is 10.7 Å². The predicted octanol–water partition coefficient (Wildman–Crippen LogP) is 2.35. The van der Waals surface area contributed by atoms with Gasteiger partial charge in [0.15, 0.2) is 0 Å². The van der Waals surface area contributed by atoms with Crippen molar-refractivity contribution in [2.75, 3.05) is 19.6 Å². The summed E-state index contributed by atoms with van der Waals surface area (Å²) in [6, 6.07) is 9.87. The van der Waals surface area contributed by atoms with Crippen molar-refractivity contribution in [3.8, 4) is 16.3 Å². The standard InChI is InChI=1S/C20H19N5O2S/c26-17-8-20(12-21-17)6-7-24(13-20)19(27)16-11-28-18(23-16)14-9-22-25(10-14)15-4-2-1-3-5-15/h1-5,9-11H,6-8,12-13H2,(H,21,26). The van der Waals surface area contributed by atoms with Crippen LogP contribution in [0.4, 0.5) is 0 Å². The van der Waals surface area contributed by atoms with Gasteiger partial charge in [-0.2, -0.15) is 5.10 Å². The lowest BCUT2D eigenvalue weighted by molar-refractivity contribution is -0.119. The molecule has 3 aromatic rings. The first kappa shape index (κ1) is 17.1. The average Bonchev–Trinajstić information content (AvgIpc) is 3.50. The number of amides is 2. The van der Waals surface area contributed by atoms with Crippen LogP contribution in [0, 0.1) is 5.41 Å². The zero-order valence-electron chi connectivity index (χ0n) is 15.2. The van der Waals surface area contributed by atoms with E-state index in [9.17, 15) is 9.59 Å². The molecule has 1 N–H and O–H groups in total. The molecule has 2 saturated heterocycles. The van der Waals surface area contributed by atoms with Gasteiger partial charge in [-0.1, -0.05) is 18.2 Å². The predicted molar refractivity (Wildman–Crippen MR) is 105 cm³/mol. The van der Waals surface area contributed by atoms with E-state index >= 15 is 0 Å². The van der Waals surface area contributed by atoms with Gasteiger partial charge in [-0.25, -0.2) is 9.67 Å². The van der Waals surface area contributed by atoms with Crippen LogP contribution in [0.2, 0.25) is 0 Å². The van der Waals surface area contributed by atoms with Crippen LogP contribution in [0.3, 0.4) is 0 Å². The molecule has 1 atom stereocenters. The Morgan fingerprint density at radius 1 is 1.25 bits per heavy atom. The molecule has 5 rings (SSSR count). The molecule has 7 nitrogen and oxygen atoms in total. The number of aromatic nitrogens is 3. The number of hydrogen-bond acceptors (Lipinski definition) is 5. The van der Waals surface area contributed by atoms with E-state index in [-0.39, 0.29) is 17.2 Å². The minimum atomic E-state index is -0.0948. The third-order valence-electron chi connectivity index (χ3n) is 5.50. The Morgan fingerprint density at radius 2 is 2.11 bits per heavy atom. The van der Waals surface area contributed by atoms with Gasteiger partial charge in [-0.05, 0) is 18.6 Å². The minimum Gasteiger partial charge on any atom is -0.355 e. The van der Waals surface area contributed by atoms with Gasteiger partial charge in [-0.15, -0.1) is 11.3 Å². The molecule has 142 valence electrons. The summed E-state index contributed by atoms with van der Waals surface area (Å²) >= 11 is 1.44. The lowest BCUT2D eigenvalue weighted by atomic mass is 9.86. The van der Waals surface area contributed by atoms with Crippen molar-refractivity contribution in [2.45, 2.75) is 12.8 Å². The van der Waals surface area contributed by atoms with E-state index in [4.69, 9.17) is 0 Å². The fraction of sp³-hybridized carbons (Fsp3) is 0.300. The van der Waals surface area contributed by atoms with Crippen molar-refractivity contribution < 1.29 is 9.59 Å². The van der Waals surface area contributed by atoms with Gasteiger partial charge in [0.05, 0.1) is 11.9 Å². The summed E-state index contributed by atoms with van der Waals surface area (Å²) in [6.45, 7) is 1.95. The molecule has 0 aliphatic carbocycles. The van der Waals surface area contributed by atoms with Crippen molar-refractivity contribution in [2.24, 2.45) is 5.41 Å². The Morgan fingerprint density at radius 3 is 2.89 bits per heavy atom. The van der Waals surface area contributed by atoms with Crippen LogP contribution in [0.15, 0.2) is 48.1 Å². The van der Waals surface area contributed by atoms with Crippen molar-refractivity contribution >= 4 is 23.2 Å². The summed E-state index contributed by atoms with van der Waals surface area (Å²) in [6.07, 6.45) is 5.06. The van der Waals surface area contributed by atoms with E-state index in [1.165, 1.54) is 11.3 Å². The van der Waals surface area contributed by atoms with Crippen molar-refractivity contribution in [1.29, 1.82) is 0 Å². The lowest BCUT2D eigenvalue weighted by Crippen LogP contribution is -2.33. The molecule has 1 spiro atoms. The van der Waals surface area contributed by atoms with Gasteiger partial charge >= 0.3 is 0 Å². The zero-order chi connectivity index (χ0) is 19.1. The zero-order valence-corrected chi connectivity index (χ0v) is 16.0. The van der Waals surface area contributed by atoms with Gasteiger partial charge in [0.2, 0.25) is 5.91 Å². The number of para-hydroxylation sites is 1. The highest BCUT2D eigenvalue weighted by Gasteiger charge is 2.45. The van der Waals surface area contributed by atoms with Crippen molar-refractivity contribution in [3.63, 3.8) is 0 Å². The SMILES string of the molecule is O=C1CC2(CCN(C(=O)c3csc(-c4cnn(-c5ccccc5)c4)n3)C2)CN1. The van der Waals surface area contributed by atoms with Gasteiger partial charge in [-0.3, -0.25) is 9.59 Å². The first-order valence-electron chi connectivity index (χ1n) is 9.24. The van der Waals surface area contributed by atoms with Crippen LogP contribution in [0.25, 0.3) is 16.3 Å². The molecule has 2 aromatic heterocycles. The molecule has 0 radical (unpaired) electrons. The second-order valence-corrected chi connectivity index (χ2v) is 8.34. The van der Waals surface area contributed by atoms with Gasteiger partial charge in [0.25, 0.3) is 5.91 Å². The van der Waals surface area contributed by atoms with Crippen LogP contribution >= 0.6 is 11.3 Å². The summed E-state index contributed by atoms with van der Waals surface area (Å²) in [7, 11) is 0. The maximum atomic E-state index is 12.9. The highest BCUT2D eigenvalue weighted by molar-refractivity contribution is 7.13. The number of rotatable bonds is 3. The molecule has 8 heteroatoms. The molecule has 4 heterocycles. The fourth-order valence-electron chi connectivity index (χ4n) is 3.97. The minimum absolute atomic E-state index is 0.0609. The summed E-state index contributed by atoms with van der Waals surface area (Å²) in [4.78, 5) is 30.8. The number of carbonyl (C=O) groups is 2. The summed E-state index contributed by atoms with van der Waals surface area (Å²) in [5.41, 5.74) is 2.23. The van der Waals surface area contributed by atoms with E-state index in [2.05, 4.69) is 15.4 Å². The average molecular weight is 393 g/mol. The monoisotopic (exact) mass is 393 g/mol. The van der Waals surface area contributed by atoms with Crippen LogP contribution in [0.5, 0.6) is 0 Å². The van der Waals surface area contributed by atoms with Crippen LogP contribution < -0.4 is 5.32 Å². The fourth-order valence-corrected chi connectivity index (χ4v) is 4.74. The largest absolute Gasteiger partial charge is 0.355 e. The van der Waals surface area contributed by atoms with E-state index < -0.39 is 0 Å². The Kier molecular flexibility index (Phi) is 4.01. The van der Waals surface area contributed by atoms with E-state index in [0.717, 1.165) is 22.7 Å². The Balaban J connectivity index is 1.32. The smallest absolute Gasteiger partial charge is 0.273 e. The lowest BCUT2D eigenvalue weighted by Gasteiger charge is -2.21. The Labute approximate surface area is 166 Å². The number of hydrogen-bond donors (Lipinski definition) is 1. The molecule has 28 heavy (non-hydrogen) atoms. The number of carbonyl (C=O) groups excluding carboxylic acids is 2. The number of nitrogens with one attached hydrogen (secondary N) is 1. The maximum absolute atomic E-state index is 12.9. The van der Waals surface area contributed by atoms with Gasteiger partial charge < -0.3 is 10.2 Å². The molecule has 0 bridgehead atoms. The van der Waals surface area contributed by atoms with E-state index in [1.54, 1.807) is 16.3 Å². The van der Waals surface area contributed by atoms with Crippen molar-refractivity contribution in [3.05, 3.63) is 53.8 Å². The number of likely N-dealkylation sites (tertiary alicyclic amines) is 1. The second kappa shape index (κ2) is 6.56. The number of nitrogens with zero attached hydrogens (tertiary/aromatic N) is 4. The molecule has 2 aliphatic rings. The Bertz CT molecular complexity index is 1040. The highest BCUT2D eigenvalue weighted by Crippen LogP contribution is 2.37. The molecule has 2 amide bonds. The molecule has 0 saturated carbocycles. The van der Waals surface area contributed by atoms with Crippen LogP contribution in [-0.4, -0.2) is 51.1 Å². The first-order chi connectivity index (χ1) is 13.6.